The molecule has 0 aliphatic rings. The van der Waals surface area contributed by atoms with Crippen molar-refractivity contribution in [3.8, 4) is 5.75 Å². The van der Waals surface area contributed by atoms with E-state index in [0.717, 1.165) is 42.2 Å². The van der Waals surface area contributed by atoms with Gasteiger partial charge >= 0.3 is 17.1 Å². The van der Waals surface area contributed by atoms with E-state index in [1.165, 1.54) is 14.0 Å². The molecule has 0 heterocycles. The summed E-state index contributed by atoms with van der Waals surface area (Å²) < 4.78 is 107. The van der Waals surface area contributed by atoms with Crippen LogP contribution in [0.2, 0.25) is 0 Å². The van der Waals surface area contributed by atoms with Crippen molar-refractivity contribution in [2.75, 3.05) is 20.2 Å². The van der Waals surface area contributed by atoms with Crippen LogP contribution in [0, 0.1) is 11.6 Å². The van der Waals surface area contributed by atoms with Crippen LogP contribution in [0.3, 0.4) is 0 Å². The number of hydrogen-bond acceptors (Lipinski definition) is 8. The molecule has 2 rings (SSSR count). The number of amides is 1. The second-order valence-corrected chi connectivity index (χ2v) is 13.1. The minimum Gasteiger partial charge on any atom is -0.497 e. The molecule has 0 aliphatic carbocycles. The summed E-state index contributed by atoms with van der Waals surface area (Å²) in [5, 5.41) is 16.4. The van der Waals surface area contributed by atoms with Crippen molar-refractivity contribution in [1.29, 1.82) is 0 Å². The molecule has 2 aromatic rings. The Morgan fingerprint density at radius 3 is 2.29 bits per heavy atom. The number of unbranched alkanes of at least 4 members (excludes halogenated alkanes) is 1. The average molecular weight is 720 g/mol. The van der Waals surface area contributed by atoms with Gasteiger partial charge in [-0.15, -0.1) is 13.2 Å². The minimum atomic E-state index is -5.69. The number of hydrogen-bond donors (Lipinski definition) is 4. The number of nitrogens with one attached hydrogen (secondary N) is 3. The van der Waals surface area contributed by atoms with E-state index >= 15 is 0 Å². The maximum atomic E-state index is 14.1. The molecule has 2 aromatic carbocycles. The lowest BCUT2D eigenvalue weighted by Gasteiger charge is -2.34. The lowest BCUT2D eigenvalue weighted by Crippen LogP contribution is -2.63. The van der Waals surface area contributed by atoms with Gasteiger partial charge in [0.1, 0.15) is 17.4 Å². The number of aliphatic hydroxyl groups excluding tert-OH is 1. The van der Waals surface area contributed by atoms with E-state index in [1.807, 2.05) is 10.8 Å². The SMILES string of the molecule is C=CCCCc1ccc(OC)cc1CNC[C@@H](O)[C@H](Cc1cc(F)cc(F)c1)NC(=O)[C@@](CC=C)(OC(=O)C(F)(F)F)S(=O)(=O)NCCC. The van der Waals surface area contributed by atoms with Crippen molar-refractivity contribution < 1.29 is 54.5 Å². The molecule has 0 saturated carbocycles. The Morgan fingerprint density at radius 2 is 1.71 bits per heavy atom. The molecule has 0 saturated heterocycles. The molecule has 272 valence electrons. The van der Waals surface area contributed by atoms with E-state index in [9.17, 15) is 45.1 Å². The maximum Gasteiger partial charge on any atom is 0.490 e. The third kappa shape index (κ3) is 11.9. The summed E-state index contributed by atoms with van der Waals surface area (Å²) in [5.41, 5.74) is 1.68. The fraction of sp³-hybridized carbons (Fsp3) is 0.455. The van der Waals surface area contributed by atoms with E-state index in [4.69, 9.17) is 4.74 Å². The first kappa shape index (κ1) is 41.3. The predicted octanol–water partition coefficient (Wildman–Crippen LogP) is 4.37. The molecular formula is C33H42F5N3O7S. The summed E-state index contributed by atoms with van der Waals surface area (Å²) >= 11 is 0. The summed E-state index contributed by atoms with van der Waals surface area (Å²) in [6.45, 7) is 8.09. The first-order valence-electron chi connectivity index (χ1n) is 15.3. The van der Waals surface area contributed by atoms with Gasteiger partial charge in [0.2, 0.25) is 0 Å². The van der Waals surface area contributed by atoms with Crippen molar-refractivity contribution >= 4 is 21.9 Å². The number of rotatable bonds is 21. The second kappa shape index (κ2) is 18.8. The van der Waals surface area contributed by atoms with Gasteiger partial charge in [0.05, 0.1) is 19.3 Å². The van der Waals surface area contributed by atoms with Gasteiger partial charge in [0.15, 0.2) is 0 Å². The normalized spacial score (nSPS) is 14.3. The molecule has 0 unspecified atom stereocenters. The fourth-order valence-electron chi connectivity index (χ4n) is 4.83. The standard InChI is InChI=1S/C33H42F5N3O7S/c1-5-8-9-10-23-11-12-27(47-4)18-24(23)20-39-21-29(42)28(17-22-15-25(34)19-26(35)16-22)41-30(43)32(13-6-2,48-31(44)33(36,37)38)49(45,46)40-14-7-3/h5-6,11-12,15-16,18-19,28-29,39-40,42H,1-2,7-10,13-14,17,20-21H2,3-4H3,(H,41,43)/t28-,29+,32-/m0/s1. The van der Waals surface area contributed by atoms with E-state index < -0.39 is 69.6 Å². The van der Waals surface area contributed by atoms with Crippen LogP contribution in [-0.4, -0.2) is 68.9 Å². The maximum absolute atomic E-state index is 14.1. The number of halogens is 5. The van der Waals surface area contributed by atoms with Crippen LogP contribution >= 0.6 is 0 Å². The Morgan fingerprint density at radius 1 is 1.04 bits per heavy atom. The van der Waals surface area contributed by atoms with Gasteiger partial charge in [-0.1, -0.05) is 25.1 Å². The quantitative estimate of drug-likeness (QED) is 0.0646. The molecule has 0 aliphatic heterocycles. The van der Waals surface area contributed by atoms with Crippen molar-refractivity contribution in [3.63, 3.8) is 0 Å². The Hall–Kier alpha value is -3.86. The van der Waals surface area contributed by atoms with Crippen molar-refractivity contribution in [2.24, 2.45) is 0 Å². The average Bonchev–Trinajstić information content (AvgIpc) is 3.02. The molecule has 4 N–H and O–H groups in total. The zero-order valence-electron chi connectivity index (χ0n) is 27.2. The largest absolute Gasteiger partial charge is 0.497 e. The molecule has 0 bridgehead atoms. The summed E-state index contributed by atoms with van der Waals surface area (Å²) in [7, 11) is -3.71. The third-order valence-corrected chi connectivity index (χ3v) is 9.21. The number of alkyl halides is 3. The van der Waals surface area contributed by atoms with Gasteiger partial charge in [0.25, 0.3) is 15.9 Å². The number of esters is 1. The smallest absolute Gasteiger partial charge is 0.490 e. The van der Waals surface area contributed by atoms with Crippen LogP contribution in [0.25, 0.3) is 0 Å². The monoisotopic (exact) mass is 719 g/mol. The Balaban J connectivity index is 2.49. The van der Waals surface area contributed by atoms with Crippen LogP contribution in [0.5, 0.6) is 5.75 Å². The molecule has 0 aromatic heterocycles. The van der Waals surface area contributed by atoms with Crippen molar-refractivity contribution in [1.82, 2.24) is 15.4 Å². The van der Waals surface area contributed by atoms with Gasteiger partial charge in [-0.05, 0) is 73.1 Å². The number of ether oxygens (including phenoxy) is 2. The van der Waals surface area contributed by atoms with E-state index in [1.54, 1.807) is 18.2 Å². The topological polar surface area (TPSA) is 143 Å². The highest BCUT2D eigenvalue weighted by molar-refractivity contribution is 7.91. The second-order valence-electron chi connectivity index (χ2n) is 11.1. The number of carbonyl (C=O) groups is 2. The summed E-state index contributed by atoms with van der Waals surface area (Å²) in [6.07, 6.45) is -3.98. The highest BCUT2D eigenvalue weighted by Gasteiger charge is 2.58. The van der Waals surface area contributed by atoms with Gasteiger partial charge in [-0.3, -0.25) is 4.79 Å². The molecule has 3 atom stereocenters. The van der Waals surface area contributed by atoms with Crippen LogP contribution in [0.1, 0.15) is 49.3 Å². The third-order valence-electron chi connectivity index (χ3n) is 7.32. The summed E-state index contributed by atoms with van der Waals surface area (Å²) in [6, 6.07) is 6.25. The Bertz CT molecular complexity index is 1540. The lowest BCUT2D eigenvalue weighted by atomic mass is 9.99. The van der Waals surface area contributed by atoms with Gasteiger partial charge in [-0.25, -0.2) is 26.7 Å². The van der Waals surface area contributed by atoms with E-state index in [-0.39, 0.29) is 31.6 Å². The fourth-order valence-corrected chi connectivity index (χ4v) is 6.37. The number of benzene rings is 2. The van der Waals surface area contributed by atoms with Gasteiger partial charge in [-0.2, -0.15) is 13.2 Å². The zero-order chi connectivity index (χ0) is 36.8. The first-order chi connectivity index (χ1) is 23.0. The van der Waals surface area contributed by atoms with E-state index in [0.29, 0.717) is 18.2 Å². The molecule has 0 fully saturated rings. The van der Waals surface area contributed by atoms with Gasteiger partial charge < -0.3 is 25.2 Å². The number of carbonyl (C=O) groups excluding carboxylic acids is 2. The molecule has 1 amide bonds. The van der Waals surface area contributed by atoms with Crippen molar-refractivity contribution in [2.45, 2.75) is 75.2 Å². The molecule has 49 heavy (non-hydrogen) atoms. The predicted molar refractivity (Wildman–Crippen MR) is 173 cm³/mol. The summed E-state index contributed by atoms with van der Waals surface area (Å²) in [5.74, 6) is -6.17. The molecule has 16 heteroatoms. The number of aryl methyl sites for hydroxylation is 1. The van der Waals surface area contributed by atoms with E-state index in [2.05, 4.69) is 28.5 Å². The van der Waals surface area contributed by atoms with Crippen LogP contribution in [-0.2, 0) is 43.7 Å². The zero-order valence-corrected chi connectivity index (χ0v) is 28.1. The molecule has 0 spiro atoms. The number of allylic oxidation sites excluding steroid dienone is 1. The Labute approximate surface area is 282 Å². The molecular weight excluding hydrogens is 677 g/mol. The van der Waals surface area contributed by atoms with Crippen LogP contribution in [0.15, 0.2) is 61.7 Å². The number of methoxy groups -OCH3 is 1. The molecule has 0 radical (unpaired) electrons. The van der Waals surface area contributed by atoms with Crippen LogP contribution < -0.4 is 20.1 Å². The lowest BCUT2D eigenvalue weighted by molar-refractivity contribution is -0.208. The number of sulfonamides is 1. The highest BCUT2D eigenvalue weighted by Crippen LogP contribution is 2.30. The van der Waals surface area contributed by atoms with Gasteiger partial charge in [0, 0.05) is 32.1 Å². The van der Waals surface area contributed by atoms with Crippen molar-refractivity contribution in [3.05, 3.63) is 90.0 Å². The first-order valence-corrected chi connectivity index (χ1v) is 16.8. The highest BCUT2D eigenvalue weighted by atomic mass is 32.2. The number of aliphatic hydroxyl groups is 1. The Kier molecular flexibility index (Phi) is 15.8. The van der Waals surface area contributed by atoms with Crippen LogP contribution in [0.4, 0.5) is 22.0 Å². The molecule has 10 nitrogen and oxygen atoms in total. The summed E-state index contributed by atoms with van der Waals surface area (Å²) in [4.78, 5) is 22.2. The minimum absolute atomic E-state index is 0.0901.